The Morgan fingerprint density at radius 3 is 2.29 bits per heavy atom. The molecule has 3 N–H and O–H groups in total. The molecule has 0 bridgehead atoms. The molecule has 3 amide bonds. The summed E-state index contributed by atoms with van der Waals surface area (Å²) in [5.41, 5.74) is -0.400. The number of methoxy groups -OCH3 is 1. The molecule has 0 aromatic rings. The Bertz CT molecular complexity index is 410. The molecule has 0 aromatic heterocycles. The van der Waals surface area contributed by atoms with Gasteiger partial charge in [-0.05, 0) is 25.2 Å². The molecule has 8 heteroatoms. The van der Waals surface area contributed by atoms with Crippen molar-refractivity contribution >= 4 is 38.5 Å². The topological polar surface area (TPSA) is 96.5 Å². The SMILES string of the molecule is COC(=O)N[C@H](C(=O)NC1(CNC(=O)I)CCC1)C(C)C. The van der Waals surface area contributed by atoms with Gasteiger partial charge in [-0.1, -0.05) is 13.8 Å². The molecule has 1 rings (SSSR count). The maximum atomic E-state index is 12.4. The van der Waals surface area contributed by atoms with Crippen LogP contribution in [-0.2, 0) is 9.53 Å². The molecule has 21 heavy (non-hydrogen) atoms. The van der Waals surface area contributed by atoms with Gasteiger partial charge in [-0.15, -0.1) is 0 Å². The second-order valence-corrected chi connectivity index (χ2v) is 6.59. The number of carbonyl (C=O) groups excluding carboxylic acids is 3. The van der Waals surface area contributed by atoms with E-state index in [1.165, 1.54) is 7.11 Å². The first kappa shape index (κ1) is 18.0. The highest BCUT2D eigenvalue weighted by Crippen LogP contribution is 2.31. The smallest absolute Gasteiger partial charge is 0.407 e. The van der Waals surface area contributed by atoms with E-state index in [9.17, 15) is 14.4 Å². The summed E-state index contributed by atoms with van der Waals surface area (Å²) in [6.07, 6.45) is 2.01. The summed E-state index contributed by atoms with van der Waals surface area (Å²) >= 11 is 1.67. The van der Waals surface area contributed by atoms with E-state index in [2.05, 4.69) is 20.7 Å². The predicted octanol–water partition coefficient (Wildman–Crippen LogP) is 1.55. The molecule has 0 radical (unpaired) electrons. The van der Waals surface area contributed by atoms with Crippen LogP contribution >= 0.6 is 22.6 Å². The number of amides is 3. The highest BCUT2D eigenvalue weighted by molar-refractivity contribution is 14.1. The number of halogens is 1. The average Bonchev–Trinajstić information content (AvgIpc) is 2.37. The molecule has 0 aromatic carbocycles. The second kappa shape index (κ2) is 7.81. The highest BCUT2D eigenvalue weighted by atomic mass is 127. The van der Waals surface area contributed by atoms with Crippen molar-refractivity contribution in [2.45, 2.75) is 44.7 Å². The van der Waals surface area contributed by atoms with Gasteiger partial charge in [-0.3, -0.25) is 9.59 Å². The Balaban J connectivity index is 2.66. The summed E-state index contributed by atoms with van der Waals surface area (Å²) in [6, 6.07) is -0.662. The van der Waals surface area contributed by atoms with Crippen LogP contribution in [0.3, 0.4) is 0 Å². The first-order valence-corrected chi connectivity index (χ1v) is 7.97. The highest BCUT2D eigenvalue weighted by Gasteiger charge is 2.40. The Kier molecular flexibility index (Phi) is 6.69. The Morgan fingerprint density at radius 1 is 1.29 bits per heavy atom. The lowest BCUT2D eigenvalue weighted by Crippen LogP contribution is -2.63. The molecule has 0 aliphatic heterocycles. The molecule has 0 heterocycles. The molecule has 7 nitrogen and oxygen atoms in total. The standard InChI is InChI=1S/C13H22IN3O4/c1-8(2)9(16-12(20)21-3)10(18)17-13(5-4-6-13)7-15-11(14)19/h8-9H,4-7H2,1-3H3,(H,15,19)(H,16,20)(H,17,18)/t9-/m0/s1. The zero-order valence-corrected chi connectivity index (χ0v) is 14.7. The number of hydrogen-bond acceptors (Lipinski definition) is 4. The fourth-order valence-electron chi connectivity index (χ4n) is 2.25. The van der Waals surface area contributed by atoms with Gasteiger partial charge >= 0.3 is 6.09 Å². The molecule has 1 fully saturated rings. The van der Waals surface area contributed by atoms with Crippen molar-refractivity contribution in [2.24, 2.45) is 5.92 Å². The first-order valence-electron chi connectivity index (χ1n) is 6.89. The Labute approximate surface area is 138 Å². The molecule has 0 saturated heterocycles. The van der Waals surface area contributed by atoms with E-state index in [1.54, 1.807) is 22.6 Å². The van der Waals surface area contributed by atoms with Gasteiger partial charge in [0.15, 0.2) is 0 Å². The molecule has 1 saturated carbocycles. The minimum Gasteiger partial charge on any atom is -0.453 e. The first-order chi connectivity index (χ1) is 9.79. The van der Waals surface area contributed by atoms with Gasteiger partial charge in [0, 0.05) is 29.1 Å². The molecule has 0 spiro atoms. The van der Waals surface area contributed by atoms with Crippen LogP contribution in [0.4, 0.5) is 9.59 Å². The molecular formula is C13H22IN3O4. The summed E-state index contributed by atoms with van der Waals surface area (Å²) in [6.45, 7) is 4.10. The van der Waals surface area contributed by atoms with Crippen LogP contribution in [0.2, 0.25) is 0 Å². The quantitative estimate of drug-likeness (QED) is 0.351. The van der Waals surface area contributed by atoms with E-state index in [0.29, 0.717) is 6.54 Å². The van der Waals surface area contributed by atoms with Crippen LogP contribution in [0.15, 0.2) is 0 Å². The fraction of sp³-hybridized carbons (Fsp3) is 0.769. The van der Waals surface area contributed by atoms with Gasteiger partial charge in [-0.25, -0.2) is 4.79 Å². The number of alkyl carbamates (subject to hydrolysis) is 1. The molecule has 0 unspecified atom stereocenters. The van der Waals surface area contributed by atoms with Crippen molar-refractivity contribution in [3.63, 3.8) is 0 Å². The summed E-state index contributed by atoms with van der Waals surface area (Å²) in [5, 5.41) is 8.24. The van der Waals surface area contributed by atoms with Crippen LogP contribution in [0.5, 0.6) is 0 Å². The van der Waals surface area contributed by atoms with E-state index in [-0.39, 0.29) is 15.7 Å². The van der Waals surface area contributed by atoms with E-state index < -0.39 is 17.7 Å². The lowest BCUT2D eigenvalue weighted by Gasteiger charge is -2.43. The molecule has 1 atom stereocenters. The Morgan fingerprint density at radius 2 is 1.90 bits per heavy atom. The van der Waals surface area contributed by atoms with E-state index in [0.717, 1.165) is 19.3 Å². The third-order valence-electron chi connectivity index (χ3n) is 3.67. The molecular weight excluding hydrogens is 389 g/mol. The average molecular weight is 411 g/mol. The van der Waals surface area contributed by atoms with Gasteiger partial charge in [0.05, 0.1) is 12.6 Å². The van der Waals surface area contributed by atoms with Gasteiger partial charge < -0.3 is 20.7 Å². The summed E-state index contributed by atoms with van der Waals surface area (Å²) in [5.74, 6) is -0.321. The lowest BCUT2D eigenvalue weighted by atomic mass is 9.76. The fourth-order valence-corrected chi connectivity index (χ4v) is 2.44. The van der Waals surface area contributed by atoms with Crippen molar-refractivity contribution in [3.05, 3.63) is 0 Å². The summed E-state index contributed by atoms with van der Waals surface area (Å²) < 4.78 is 4.39. The van der Waals surface area contributed by atoms with Gasteiger partial charge in [0.2, 0.25) is 5.91 Å². The van der Waals surface area contributed by atoms with Crippen molar-refractivity contribution in [2.75, 3.05) is 13.7 Å². The van der Waals surface area contributed by atoms with Gasteiger partial charge in [0.25, 0.3) is 3.91 Å². The van der Waals surface area contributed by atoms with Crippen molar-refractivity contribution in [1.29, 1.82) is 0 Å². The maximum Gasteiger partial charge on any atom is 0.407 e. The van der Waals surface area contributed by atoms with E-state index >= 15 is 0 Å². The van der Waals surface area contributed by atoms with E-state index in [1.807, 2.05) is 13.8 Å². The molecule has 120 valence electrons. The predicted molar refractivity (Wildman–Crippen MR) is 86.3 cm³/mol. The van der Waals surface area contributed by atoms with Gasteiger partial charge in [0.1, 0.15) is 6.04 Å². The number of nitrogens with one attached hydrogen (secondary N) is 3. The van der Waals surface area contributed by atoms with Crippen LogP contribution in [0, 0.1) is 5.92 Å². The van der Waals surface area contributed by atoms with Gasteiger partial charge in [-0.2, -0.15) is 0 Å². The monoisotopic (exact) mass is 411 g/mol. The van der Waals surface area contributed by atoms with Crippen LogP contribution < -0.4 is 16.0 Å². The third-order valence-corrected chi connectivity index (χ3v) is 4.05. The minimum atomic E-state index is -0.662. The van der Waals surface area contributed by atoms with E-state index in [4.69, 9.17) is 0 Å². The lowest BCUT2D eigenvalue weighted by molar-refractivity contribution is -0.127. The zero-order chi connectivity index (χ0) is 16.0. The van der Waals surface area contributed by atoms with Crippen LogP contribution in [0.25, 0.3) is 0 Å². The van der Waals surface area contributed by atoms with Crippen molar-refractivity contribution in [3.8, 4) is 0 Å². The largest absolute Gasteiger partial charge is 0.453 e. The number of carbonyl (C=O) groups is 3. The number of hydrogen-bond donors (Lipinski definition) is 3. The molecule has 1 aliphatic rings. The normalized spacial score (nSPS) is 17.4. The van der Waals surface area contributed by atoms with Crippen molar-refractivity contribution < 1.29 is 19.1 Å². The molecule has 1 aliphatic carbocycles. The number of ether oxygens (including phenoxy) is 1. The second-order valence-electron chi connectivity index (χ2n) is 5.61. The maximum absolute atomic E-state index is 12.4. The van der Waals surface area contributed by atoms with Crippen LogP contribution in [-0.4, -0.2) is 41.1 Å². The summed E-state index contributed by atoms with van der Waals surface area (Å²) in [4.78, 5) is 34.7. The zero-order valence-electron chi connectivity index (χ0n) is 12.5. The summed E-state index contributed by atoms with van der Waals surface area (Å²) in [7, 11) is 1.26. The van der Waals surface area contributed by atoms with Crippen LogP contribution in [0.1, 0.15) is 33.1 Å². The number of rotatable bonds is 6. The Hall–Kier alpha value is -1.06. The minimum absolute atomic E-state index is 0.0691. The third kappa shape index (κ3) is 5.33. The van der Waals surface area contributed by atoms with Crippen molar-refractivity contribution in [1.82, 2.24) is 16.0 Å².